The van der Waals surface area contributed by atoms with E-state index < -0.39 is 72.4 Å². The van der Waals surface area contributed by atoms with E-state index in [1.54, 1.807) is 19.1 Å². The summed E-state index contributed by atoms with van der Waals surface area (Å²) in [5, 5.41) is 17.6. The molecular formula is C44H67N7O10S. The maximum absolute atomic E-state index is 14.8. The van der Waals surface area contributed by atoms with Gasteiger partial charge in [0.05, 0.1) is 6.04 Å². The number of benzene rings is 1. The Balaban J connectivity index is 1.95. The van der Waals surface area contributed by atoms with Gasteiger partial charge in [-0.25, -0.2) is 4.98 Å². The first kappa shape index (κ1) is 51.3. The summed E-state index contributed by atoms with van der Waals surface area (Å²) in [6, 6.07) is 3.86. The Bertz CT molecular complexity index is 1820. The van der Waals surface area contributed by atoms with Crippen LogP contribution in [-0.2, 0) is 44.7 Å². The van der Waals surface area contributed by atoms with Crippen molar-refractivity contribution in [2.24, 2.45) is 17.8 Å². The molecule has 0 saturated carbocycles. The minimum absolute atomic E-state index is 0.0276. The number of carbonyl (C=O) groups is 7. The first-order valence-electron chi connectivity index (χ1n) is 21.6. The minimum Gasteiger partial charge on any atom is -0.508 e. The highest BCUT2D eigenvalue weighted by Crippen LogP contribution is 2.32. The molecule has 1 aliphatic heterocycles. The van der Waals surface area contributed by atoms with Crippen LogP contribution in [0.1, 0.15) is 134 Å². The molecule has 1 aliphatic rings. The number of nitrogens with one attached hydrogen (secondary N) is 4. The van der Waals surface area contributed by atoms with Gasteiger partial charge in [-0.3, -0.25) is 49.3 Å². The van der Waals surface area contributed by atoms with Gasteiger partial charge >= 0.3 is 11.9 Å². The number of phenols is 1. The second kappa shape index (κ2) is 25.1. The first-order valence-corrected chi connectivity index (χ1v) is 22.5. The van der Waals surface area contributed by atoms with E-state index in [1.807, 2.05) is 46.6 Å². The van der Waals surface area contributed by atoms with Gasteiger partial charge in [0.25, 0.3) is 5.91 Å². The van der Waals surface area contributed by atoms with Gasteiger partial charge in [0.2, 0.25) is 23.6 Å². The van der Waals surface area contributed by atoms with E-state index in [-0.39, 0.29) is 59.5 Å². The Morgan fingerprint density at radius 3 is 2.26 bits per heavy atom. The van der Waals surface area contributed by atoms with E-state index in [4.69, 9.17) is 9.47 Å². The molecule has 3 rings (SSSR count). The van der Waals surface area contributed by atoms with Crippen molar-refractivity contribution in [3.63, 3.8) is 0 Å². The molecule has 1 fully saturated rings. The summed E-state index contributed by atoms with van der Waals surface area (Å²) in [5.41, 5.74) is 5.45. The number of phenolic OH excluding ortho intramolecular Hbond substituents is 1. The first-order chi connectivity index (χ1) is 29.3. The number of aromatic hydroxyl groups is 1. The molecule has 1 saturated heterocycles. The second-order valence-electron chi connectivity index (χ2n) is 16.6. The van der Waals surface area contributed by atoms with Crippen LogP contribution < -0.4 is 21.5 Å². The van der Waals surface area contributed by atoms with E-state index in [0.717, 1.165) is 36.3 Å². The Morgan fingerprint density at radius 2 is 1.66 bits per heavy atom. The summed E-state index contributed by atoms with van der Waals surface area (Å²) in [6.45, 7) is 14.0. The highest BCUT2D eigenvalue weighted by atomic mass is 32.1. The average Bonchev–Trinajstić information content (AvgIpc) is 3.72. The normalized spacial score (nSPS) is 17.0. The molecule has 1 aromatic heterocycles. The summed E-state index contributed by atoms with van der Waals surface area (Å²) in [5.74, 6) is -4.34. The van der Waals surface area contributed by atoms with Crippen LogP contribution in [0.15, 0.2) is 29.6 Å². The lowest BCUT2D eigenvalue weighted by Gasteiger charge is -2.39. The van der Waals surface area contributed by atoms with Crippen LogP contribution in [0.2, 0.25) is 0 Å². The fraction of sp³-hybridized carbons (Fsp3) is 0.636. The maximum atomic E-state index is 14.8. The van der Waals surface area contributed by atoms with Gasteiger partial charge < -0.3 is 30.1 Å². The molecule has 1 aromatic carbocycles. The molecule has 0 spiro atoms. The number of hydrogen-bond acceptors (Lipinski definition) is 13. The highest BCUT2D eigenvalue weighted by molar-refractivity contribution is 7.09. The SMILES string of the molecule is CCCC(=O)OCN(C(=O)[C@@H](NC(=O)[C@H]1CCCCN1C)C(C)CC)[C@H](C[C@@H](OC(C)=O)c1nc(C(=O)N[C@@H](Cc2ccc(O)cc2)C[C@H](C)C(=O)NNC(C)=O)cs1)C(C)C. The zero-order chi connectivity index (χ0) is 46.1. The number of esters is 2. The standard InChI is InChI=1S/C44H67N7O10S/c1-10-14-38(55)60-25-51(44(59)39(27(5)11-2)47-42(58)35-15-12-13-20-50(35)9)36(26(3)4)23-37(61-30(8)53)43-46-34(24-62-43)41(57)45-32(22-31-16-18-33(54)19-17-31)21-28(6)40(56)49-48-29(7)52/h16-19,24,26-28,32,35-37,39,54H,10-15,20-23,25H2,1-9H3,(H,45,57)(H,47,58)(H,48,52)(H,49,56)/t27?,28-,32+,35+,36+,37+,39-/m0/s1. The topological polar surface area (TPSA) is 226 Å². The number of nitrogens with zero attached hydrogens (tertiary/aromatic N) is 3. The van der Waals surface area contributed by atoms with Gasteiger partial charge in [0, 0.05) is 50.1 Å². The Morgan fingerprint density at radius 1 is 0.968 bits per heavy atom. The van der Waals surface area contributed by atoms with Gasteiger partial charge in [-0.05, 0) is 75.2 Å². The molecule has 2 heterocycles. The van der Waals surface area contributed by atoms with Crippen molar-refractivity contribution in [3.8, 4) is 5.75 Å². The van der Waals surface area contributed by atoms with E-state index in [1.165, 1.54) is 36.3 Å². The smallest absolute Gasteiger partial charge is 0.307 e. The molecule has 62 heavy (non-hydrogen) atoms. The van der Waals surface area contributed by atoms with Crippen molar-refractivity contribution in [2.45, 2.75) is 143 Å². The third-order valence-electron chi connectivity index (χ3n) is 11.1. The average molecular weight is 886 g/mol. The van der Waals surface area contributed by atoms with Gasteiger partial charge in [-0.15, -0.1) is 11.3 Å². The number of likely N-dealkylation sites (tertiary alicyclic amines) is 1. The number of carbonyl (C=O) groups excluding carboxylic acids is 7. The fourth-order valence-corrected chi connectivity index (χ4v) is 8.19. The molecule has 0 aliphatic carbocycles. The van der Waals surface area contributed by atoms with Crippen LogP contribution >= 0.6 is 11.3 Å². The lowest BCUT2D eigenvalue weighted by molar-refractivity contribution is -0.160. The van der Waals surface area contributed by atoms with Gasteiger partial charge in [-0.2, -0.15) is 0 Å². The third-order valence-corrected chi connectivity index (χ3v) is 12.1. The third kappa shape index (κ3) is 16.0. The van der Waals surface area contributed by atoms with Crippen molar-refractivity contribution in [2.75, 3.05) is 20.3 Å². The lowest BCUT2D eigenvalue weighted by atomic mass is 9.92. The zero-order valence-electron chi connectivity index (χ0n) is 37.7. The van der Waals surface area contributed by atoms with E-state index in [0.29, 0.717) is 25.7 Å². The number of hydrogen-bond donors (Lipinski definition) is 5. The van der Waals surface area contributed by atoms with Crippen LogP contribution in [0.3, 0.4) is 0 Å². The second-order valence-corrected chi connectivity index (χ2v) is 17.5. The largest absolute Gasteiger partial charge is 0.508 e. The number of thiazole rings is 1. The van der Waals surface area contributed by atoms with E-state index in [2.05, 4.69) is 26.5 Å². The molecule has 18 heteroatoms. The minimum atomic E-state index is -1.02. The number of rotatable bonds is 22. The van der Waals surface area contributed by atoms with Crippen molar-refractivity contribution < 1.29 is 48.1 Å². The van der Waals surface area contributed by atoms with Crippen molar-refractivity contribution in [1.82, 2.24) is 36.3 Å². The lowest BCUT2D eigenvalue weighted by Crippen LogP contribution is -2.59. The molecule has 17 nitrogen and oxygen atoms in total. The Kier molecular flexibility index (Phi) is 20.8. The zero-order valence-corrected chi connectivity index (χ0v) is 38.5. The Labute approximate surface area is 369 Å². The van der Waals surface area contributed by atoms with Gasteiger partial charge in [-0.1, -0.05) is 66.5 Å². The molecule has 7 atom stereocenters. The monoisotopic (exact) mass is 885 g/mol. The quantitative estimate of drug-likeness (QED) is 0.0624. The van der Waals surface area contributed by atoms with Crippen LogP contribution in [-0.4, -0.2) is 106 Å². The number of piperidine rings is 1. The van der Waals surface area contributed by atoms with Gasteiger partial charge in [0.15, 0.2) is 12.8 Å². The van der Waals surface area contributed by atoms with Crippen molar-refractivity contribution >= 4 is 52.8 Å². The predicted octanol–water partition coefficient (Wildman–Crippen LogP) is 4.55. The molecule has 2 aromatic rings. The van der Waals surface area contributed by atoms with Crippen LogP contribution in [0.4, 0.5) is 0 Å². The van der Waals surface area contributed by atoms with Crippen LogP contribution in [0.25, 0.3) is 0 Å². The number of ether oxygens (including phenoxy) is 2. The number of hydrazine groups is 1. The molecule has 344 valence electrons. The van der Waals surface area contributed by atoms with Crippen molar-refractivity contribution in [3.05, 3.63) is 45.9 Å². The summed E-state index contributed by atoms with van der Waals surface area (Å²) < 4.78 is 11.5. The molecule has 5 amide bonds. The summed E-state index contributed by atoms with van der Waals surface area (Å²) >= 11 is 1.09. The van der Waals surface area contributed by atoms with Gasteiger partial charge in [0.1, 0.15) is 22.5 Å². The predicted molar refractivity (Wildman–Crippen MR) is 233 cm³/mol. The fourth-order valence-electron chi connectivity index (χ4n) is 7.35. The van der Waals surface area contributed by atoms with E-state index >= 15 is 0 Å². The number of amides is 5. The maximum Gasteiger partial charge on any atom is 0.307 e. The number of likely N-dealkylation sites (N-methyl/N-ethyl adjacent to an activating group) is 1. The molecule has 0 bridgehead atoms. The number of aromatic nitrogens is 1. The summed E-state index contributed by atoms with van der Waals surface area (Å²) in [7, 11) is 1.90. The van der Waals surface area contributed by atoms with Crippen LogP contribution in [0.5, 0.6) is 5.75 Å². The molecule has 1 unspecified atom stereocenters. The summed E-state index contributed by atoms with van der Waals surface area (Å²) in [4.78, 5) is 99.9. The summed E-state index contributed by atoms with van der Waals surface area (Å²) in [6.07, 6.45) is 3.31. The molecule has 0 radical (unpaired) electrons. The molecule has 5 N–H and O–H groups in total. The Hall–Kier alpha value is -5.10. The highest BCUT2D eigenvalue weighted by Gasteiger charge is 2.39. The van der Waals surface area contributed by atoms with Crippen molar-refractivity contribution in [1.29, 1.82) is 0 Å². The van der Waals surface area contributed by atoms with Crippen LogP contribution in [0, 0.1) is 17.8 Å². The van der Waals surface area contributed by atoms with E-state index in [9.17, 15) is 38.7 Å². The molecular weight excluding hydrogens is 819 g/mol.